The molecule has 154 valence electrons. The Kier molecular flexibility index (Phi) is 11.3. The van der Waals surface area contributed by atoms with Gasteiger partial charge in [-0.2, -0.15) is 0 Å². The number of hydrogen-bond acceptors (Lipinski definition) is 4. The second-order valence-corrected chi connectivity index (χ2v) is 8.50. The summed E-state index contributed by atoms with van der Waals surface area (Å²) >= 11 is 0. The number of esters is 1. The molecule has 4 nitrogen and oxygen atoms in total. The van der Waals surface area contributed by atoms with Crippen molar-refractivity contribution in [3.8, 4) is 0 Å². The predicted molar refractivity (Wildman–Crippen MR) is 114 cm³/mol. The highest BCUT2D eigenvalue weighted by Crippen LogP contribution is 2.13. The maximum Gasteiger partial charge on any atom is 0.323 e. The van der Waals surface area contributed by atoms with E-state index in [0.29, 0.717) is 6.54 Å². The smallest absolute Gasteiger partial charge is 0.323 e. The van der Waals surface area contributed by atoms with E-state index in [1.165, 1.54) is 31.2 Å². The Labute approximate surface area is 166 Å². The van der Waals surface area contributed by atoms with E-state index < -0.39 is 5.60 Å². The van der Waals surface area contributed by atoms with Gasteiger partial charge in [0.2, 0.25) is 0 Å². The molecule has 2 unspecified atom stereocenters. The van der Waals surface area contributed by atoms with Crippen LogP contribution in [0.25, 0.3) is 0 Å². The lowest BCUT2D eigenvalue weighted by molar-refractivity contribution is -0.157. The molecule has 0 aliphatic carbocycles. The van der Waals surface area contributed by atoms with Crippen LogP contribution in [-0.4, -0.2) is 30.2 Å². The fourth-order valence-electron chi connectivity index (χ4n) is 3.09. The highest BCUT2D eigenvalue weighted by Gasteiger charge is 2.25. The van der Waals surface area contributed by atoms with Gasteiger partial charge in [-0.05, 0) is 39.2 Å². The molecular formula is C23H40N2O2. The van der Waals surface area contributed by atoms with Crippen LogP contribution in [0.4, 0.5) is 0 Å². The van der Waals surface area contributed by atoms with E-state index in [1.54, 1.807) is 0 Å². The van der Waals surface area contributed by atoms with Crippen molar-refractivity contribution in [1.29, 1.82) is 0 Å². The average molecular weight is 377 g/mol. The molecule has 0 amide bonds. The molecule has 0 spiro atoms. The van der Waals surface area contributed by atoms with E-state index in [2.05, 4.69) is 24.4 Å². The third-order valence-electron chi connectivity index (χ3n) is 4.50. The first kappa shape index (κ1) is 23.6. The number of unbranched alkanes of at least 4 members (excludes halogenated alkanes) is 5. The van der Waals surface area contributed by atoms with Crippen LogP contribution >= 0.6 is 0 Å². The van der Waals surface area contributed by atoms with Crippen LogP contribution in [0.15, 0.2) is 30.3 Å². The van der Waals surface area contributed by atoms with Gasteiger partial charge in [0.15, 0.2) is 0 Å². The highest BCUT2D eigenvalue weighted by atomic mass is 16.6. The fourth-order valence-corrected chi connectivity index (χ4v) is 3.09. The van der Waals surface area contributed by atoms with E-state index in [-0.39, 0.29) is 18.1 Å². The normalized spacial score (nSPS) is 14.0. The van der Waals surface area contributed by atoms with Gasteiger partial charge in [-0.1, -0.05) is 75.8 Å². The van der Waals surface area contributed by atoms with Crippen LogP contribution in [0.1, 0.15) is 78.2 Å². The quantitative estimate of drug-likeness (QED) is 0.390. The summed E-state index contributed by atoms with van der Waals surface area (Å²) in [7, 11) is 0. The van der Waals surface area contributed by atoms with Crippen molar-refractivity contribution >= 4 is 5.97 Å². The van der Waals surface area contributed by atoms with Gasteiger partial charge in [-0.3, -0.25) is 4.79 Å². The van der Waals surface area contributed by atoms with Crippen LogP contribution in [-0.2, 0) is 16.0 Å². The molecule has 0 heterocycles. The first-order valence-electron chi connectivity index (χ1n) is 10.6. The van der Waals surface area contributed by atoms with E-state index in [9.17, 15) is 4.79 Å². The van der Waals surface area contributed by atoms with Crippen LogP contribution in [0, 0.1) is 0 Å². The minimum Gasteiger partial charge on any atom is -0.459 e. The predicted octanol–water partition coefficient (Wildman–Crippen LogP) is 4.61. The molecule has 0 radical (unpaired) electrons. The largest absolute Gasteiger partial charge is 0.459 e. The lowest BCUT2D eigenvalue weighted by Crippen LogP contribution is -2.46. The fraction of sp³-hybridized carbons (Fsp3) is 0.696. The summed E-state index contributed by atoms with van der Waals surface area (Å²) < 4.78 is 5.60. The van der Waals surface area contributed by atoms with Crippen LogP contribution in [0.3, 0.4) is 0 Å². The number of carbonyl (C=O) groups excluding carboxylic acids is 1. The Morgan fingerprint density at radius 3 is 2.33 bits per heavy atom. The molecule has 0 aliphatic heterocycles. The Hall–Kier alpha value is -1.39. The lowest BCUT2D eigenvalue weighted by Gasteiger charge is -2.25. The maximum atomic E-state index is 12.6. The van der Waals surface area contributed by atoms with Crippen molar-refractivity contribution in [2.75, 3.05) is 6.54 Å². The van der Waals surface area contributed by atoms with Crippen molar-refractivity contribution in [2.45, 2.75) is 96.7 Å². The van der Waals surface area contributed by atoms with Crippen molar-refractivity contribution in [2.24, 2.45) is 5.73 Å². The monoisotopic (exact) mass is 376 g/mol. The molecule has 0 fully saturated rings. The van der Waals surface area contributed by atoms with E-state index in [4.69, 9.17) is 10.5 Å². The topological polar surface area (TPSA) is 64.3 Å². The summed E-state index contributed by atoms with van der Waals surface area (Å²) in [5.74, 6) is -0.164. The third-order valence-corrected chi connectivity index (χ3v) is 4.50. The van der Waals surface area contributed by atoms with Gasteiger partial charge in [0.25, 0.3) is 0 Å². The van der Waals surface area contributed by atoms with Gasteiger partial charge in [0.05, 0.1) is 0 Å². The summed E-state index contributed by atoms with van der Waals surface area (Å²) in [5.41, 5.74) is 7.03. The molecule has 1 rings (SSSR count). The Bertz CT molecular complexity index is 511. The SMILES string of the molecule is CCCCCCCCC(NCC(N)Cc1ccccc1)C(=O)OC(C)(C)C. The van der Waals surface area contributed by atoms with Crippen molar-refractivity contribution in [3.63, 3.8) is 0 Å². The number of rotatable bonds is 13. The Morgan fingerprint density at radius 2 is 1.70 bits per heavy atom. The molecule has 27 heavy (non-hydrogen) atoms. The first-order chi connectivity index (χ1) is 12.8. The number of ether oxygens (including phenoxy) is 1. The van der Waals surface area contributed by atoms with Crippen LogP contribution in [0.5, 0.6) is 0 Å². The van der Waals surface area contributed by atoms with Crippen molar-refractivity contribution in [3.05, 3.63) is 35.9 Å². The van der Waals surface area contributed by atoms with Gasteiger partial charge >= 0.3 is 5.97 Å². The molecular weight excluding hydrogens is 336 g/mol. The minimum atomic E-state index is -0.468. The zero-order valence-corrected chi connectivity index (χ0v) is 17.8. The van der Waals surface area contributed by atoms with Gasteiger partial charge in [0.1, 0.15) is 11.6 Å². The number of benzene rings is 1. The molecule has 0 aromatic heterocycles. The Morgan fingerprint density at radius 1 is 1.07 bits per heavy atom. The molecule has 4 heteroatoms. The molecule has 1 aromatic rings. The second-order valence-electron chi connectivity index (χ2n) is 8.50. The maximum absolute atomic E-state index is 12.6. The number of nitrogens with one attached hydrogen (secondary N) is 1. The lowest BCUT2D eigenvalue weighted by atomic mass is 10.0. The third kappa shape index (κ3) is 11.8. The van der Waals surface area contributed by atoms with Gasteiger partial charge in [-0.25, -0.2) is 0 Å². The van der Waals surface area contributed by atoms with Crippen molar-refractivity contribution < 1.29 is 9.53 Å². The zero-order valence-electron chi connectivity index (χ0n) is 17.8. The van der Waals surface area contributed by atoms with E-state index in [1.807, 2.05) is 39.0 Å². The molecule has 0 saturated heterocycles. The van der Waals surface area contributed by atoms with Gasteiger partial charge < -0.3 is 15.8 Å². The summed E-state index contributed by atoms with van der Waals surface area (Å²) in [5, 5.41) is 3.36. The molecule has 0 saturated carbocycles. The molecule has 0 bridgehead atoms. The molecule has 1 aromatic carbocycles. The zero-order chi connectivity index (χ0) is 20.1. The standard InChI is InChI=1S/C23H40N2O2/c1-5-6-7-8-9-13-16-21(22(26)27-23(2,3)4)25-18-20(24)17-19-14-11-10-12-15-19/h10-12,14-15,20-21,25H,5-9,13,16-18,24H2,1-4H3. The second kappa shape index (κ2) is 12.9. The summed E-state index contributed by atoms with van der Waals surface area (Å²) in [4.78, 5) is 12.6. The molecule has 0 aliphatic rings. The van der Waals surface area contributed by atoms with Gasteiger partial charge in [-0.15, -0.1) is 0 Å². The summed E-state index contributed by atoms with van der Waals surface area (Å²) in [6.45, 7) is 8.56. The summed E-state index contributed by atoms with van der Waals surface area (Å²) in [6, 6.07) is 9.92. The number of hydrogen-bond donors (Lipinski definition) is 2. The Balaban J connectivity index is 2.47. The highest BCUT2D eigenvalue weighted by molar-refractivity contribution is 5.76. The van der Waals surface area contributed by atoms with Gasteiger partial charge in [0, 0.05) is 12.6 Å². The van der Waals surface area contributed by atoms with Crippen LogP contribution < -0.4 is 11.1 Å². The van der Waals surface area contributed by atoms with E-state index >= 15 is 0 Å². The molecule has 2 atom stereocenters. The first-order valence-corrected chi connectivity index (χ1v) is 10.6. The molecule has 3 N–H and O–H groups in total. The minimum absolute atomic E-state index is 0.0260. The number of nitrogens with two attached hydrogens (primary N) is 1. The van der Waals surface area contributed by atoms with Crippen LogP contribution in [0.2, 0.25) is 0 Å². The summed E-state index contributed by atoms with van der Waals surface area (Å²) in [6.07, 6.45) is 8.87. The van der Waals surface area contributed by atoms with E-state index in [0.717, 1.165) is 25.7 Å². The average Bonchev–Trinajstić information content (AvgIpc) is 2.59. The number of carbonyl (C=O) groups is 1. The van der Waals surface area contributed by atoms with Crippen molar-refractivity contribution in [1.82, 2.24) is 5.32 Å².